The van der Waals surface area contributed by atoms with E-state index in [1.165, 1.54) is 24.8 Å². The molecular formula is C49H32O2. The highest BCUT2D eigenvalue weighted by Crippen LogP contribution is 2.92. The van der Waals surface area contributed by atoms with Gasteiger partial charge in [-0.1, -0.05) is 60.2 Å². The van der Waals surface area contributed by atoms with Crippen molar-refractivity contribution in [3.05, 3.63) is 137 Å². The Morgan fingerprint density at radius 2 is 1.80 bits per heavy atom. The molecule has 51 heavy (non-hydrogen) atoms. The van der Waals surface area contributed by atoms with Crippen LogP contribution in [0.3, 0.4) is 0 Å². The Bertz CT molecular complexity index is 2960. The summed E-state index contributed by atoms with van der Waals surface area (Å²) in [6, 6.07) is 11.7. The zero-order valence-electron chi connectivity index (χ0n) is 28.4. The first-order valence-corrected chi connectivity index (χ1v) is 20.1. The third-order valence-corrected chi connectivity index (χ3v) is 18.9. The fourth-order valence-corrected chi connectivity index (χ4v) is 18.4. The second-order valence-electron chi connectivity index (χ2n) is 19.5. The molecule has 0 amide bonds. The van der Waals surface area contributed by atoms with Crippen LogP contribution in [0.5, 0.6) is 0 Å². The van der Waals surface area contributed by atoms with E-state index in [1.54, 1.807) is 101 Å². The first kappa shape index (κ1) is 23.9. The number of carbonyl (C=O) groups is 1. The SMILES string of the molecule is COC(=O)CCCC1(c2ccccc2)C2C3=CC45CC6=CC7CC8C9=CC%10=CC%11CC21C1C%11=C2C%10=C%10c%11c2c2c(c%12c%11=C(C7C%12=C64)C8C9%10)C5=C3C=21. The van der Waals surface area contributed by atoms with Crippen molar-refractivity contribution >= 4 is 39.4 Å². The van der Waals surface area contributed by atoms with Crippen LogP contribution in [0.2, 0.25) is 0 Å². The summed E-state index contributed by atoms with van der Waals surface area (Å²) in [5.41, 5.74) is 33.4. The molecule has 0 radical (unpaired) electrons. The minimum atomic E-state index is -0.0628. The Morgan fingerprint density at radius 1 is 0.902 bits per heavy atom. The van der Waals surface area contributed by atoms with E-state index >= 15 is 0 Å². The molecule has 16 aliphatic rings. The van der Waals surface area contributed by atoms with Crippen LogP contribution in [0.25, 0.3) is 33.4 Å². The van der Waals surface area contributed by atoms with Gasteiger partial charge in [-0.3, -0.25) is 4.79 Å². The van der Waals surface area contributed by atoms with Gasteiger partial charge in [0.25, 0.3) is 0 Å². The Kier molecular flexibility index (Phi) is 2.97. The lowest BCUT2D eigenvalue weighted by Crippen LogP contribution is -2.52. The fourth-order valence-electron chi connectivity index (χ4n) is 18.4. The van der Waals surface area contributed by atoms with Crippen LogP contribution in [0, 0.1) is 58.2 Å². The molecule has 16 aliphatic carbocycles. The molecule has 0 heterocycles. The van der Waals surface area contributed by atoms with Crippen LogP contribution in [0.4, 0.5) is 0 Å². The van der Waals surface area contributed by atoms with Crippen molar-refractivity contribution in [3.8, 4) is 0 Å². The van der Waals surface area contributed by atoms with E-state index < -0.39 is 0 Å². The highest BCUT2D eigenvalue weighted by Gasteiger charge is 2.87. The number of hydrogen-bond acceptors (Lipinski definition) is 2. The molecule has 0 saturated heterocycles. The molecule has 2 nitrogen and oxygen atoms in total. The highest BCUT2D eigenvalue weighted by atomic mass is 16.5. The number of methoxy groups -OCH3 is 1. The molecule has 0 aromatic heterocycles. The monoisotopic (exact) mass is 652 g/mol. The van der Waals surface area contributed by atoms with Gasteiger partial charge in [0.1, 0.15) is 0 Å². The number of hydrogen-bond donors (Lipinski definition) is 0. The second-order valence-corrected chi connectivity index (χ2v) is 19.5. The van der Waals surface area contributed by atoms with Gasteiger partial charge in [-0.25, -0.2) is 0 Å². The summed E-state index contributed by atoms with van der Waals surface area (Å²) in [4.78, 5) is 12.7. The van der Waals surface area contributed by atoms with E-state index in [4.69, 9.17) is 4.74 Å². The maximum absolute atomic E-state index is 12.7. The van der Waals surface area contributed by atoms with Crippen LogP contribution < -0.4 is 10.4 Å². The zero-order valence-corrected chi connectivity index (χ0v) is 28.4. The van der Waals surface area contributed by atoms with Crippen molar-refractivity contribution in [2.75, 3.05) is 7.11 Å². The smallest absolute Gasteiger partial charge is 0.305 e. The minimum absolute atomic E-state index is 0.0202. The van der Waals surface area contributed by atoms with Gasteiger partial charge >= 0.3 is 5.97 Å². The van der Waals surface area contributed by atoms with E-state index in [-0.39, 0.29) is 22.2 Å². The highest BCUT2D eigenvalue weighted by molar-refractivity contribution is 6.21. The largest absolute Gasteiger partial charge is 0.469 e. The van der Waals surface area contributed by atoms with Crippen molar-refractivity contribution < 1.29 is 9.53 Å². The molecule has 240 valence electrons. The second kappa shape index (κ2) is 6.33. The molecule has 11 unspecified atom stereocenters. The molecule has 2 heteroatoms. The maximum atomic E-state index is 12.7. The van der Waals surface area contributed by atoms with Crippen molar-refractivity contribution in [1.29, 1.82) is 0 Å². The summed E-state index contributed by atoms with van der Waals surface area (Å²) in [5, 5.41) is 3.52. The summed E-state index contributed by atoms with van der Waals surface area (Å²) in [6.07, 6.45) is 17.6. The number of allylic oxidation sites excluding steroid dienone is 16. The van der Waals surface area contributed by atoms with Gasteiger partial charge in [-0.05, 0) is 166 Å². The van der Waals surface area contributed by atoms with Gasteiger partial charge in [0.05, 0.1) is 7.11 Å². The van der Waals surface area contributed by atoms with Crippen LogP contribution in [-0.2, 0) is 14.9 Å². The standard InChI is InChI=1S/C49H32O2/c1-51-25(50)8-5-9-48(21-6-3-2-4-7-21)46-24-16-47-14-20-11-18-13-23-22-12-17-10-19-15-49(46,48)45-28(19)32-26(17)33-29(22)30(23)34-27(18)40(43(20)47)38-37(34)36(33)35(32)39-41(45)31(24)44(47)42(38)39/h2-4,6-7,10-12,16,18-19,23,27,29-30,45-46H,5,8-9,13-15H2,1H3. The lowest BCUT2D eigenvalue weighted by molar-refractivity contribution is -0.140. The summed E-state index contributed by atoms with van der Waals surface area (Å²) < 4.78 is 5.23. The molecule has 0 bridgehead atoms. The molecule has 2 spiro atoms. The Balaban J connectivity index is 1.06. The molecular weight excluding hydrogens is 621 g/mol. The lowest BCUT2D eigenvalue weighted by atomic mass is 9.42. The number of fused-ring (bicyclic) bond motifs is 2. The van der Waals surface area contributed by atoms with Gasteiger partial charge in [0, 0.05) is 46.8 Å². The van der Waals surface area contributed by atoms with E-state index in [1.807, 2.05) is 16.7 Å². The van der Waals surface area contributed by atoms with Crippen LogP contribution >= 0.6 is 0 Å². The average Bonchev–Trinajstić information content (AvgIpc) is 3.71. The predicted octanol–water partition coefficient (Wildman–Crippen LogP) is 7.28. The van der Waals surface area contributed by atoms with Gasteiger partial charge in [0.15, 0.2) is 0 Å². The van der Waals surface area contributed by atoms with Crippen LogP contribution in [0.15, 0.2) is 99.2 Å². The molecule has 6 fully saturated rings. The number of esters is 1. The molecule has 6 saturated carbocycles. The Morgan fingerprint density at radius 3 is 2.71 bits per heavy atom. The van der Waals surface area contributed by atoms with Crippen molar-refractivity contribution in [2.24, 2.45) is 58.2 Å². The summed E-state index contributed by atoms with van der Waals surface area (Å²) in [6.45, 7) is 0. The van der Waals surface area contributed by atoms with E-state index in [0.717, 1.165) is 24.7 Å². The van der Waals surface area contributed by atoms with E-state index in [9.17, 15) is 4.79 Å². The molecule has 0 aliphatic heterocycles. The van der Waals surface area contributed by atoms with E-state index in [2.05, 4.69) is 54.6 Å². The van der Waals surface area contributed by atoms with Gasteiger partial charge in [0.2, 0.25) is 0 Å². The molecule has 2 aromatic carbocycles. The first-order valence-electron chi connectivity index (χ1n) is 20.1. The van der Waals surface area contributed by atoms with Gasteiger partial charge in [-0.2, -0.15) is 0 Å². The summed E-state index contributed by atoms with van der Waals surface area (Å²) in [5.74, 6) is 4.82. The molecule has 2 aromatic rings. The third kappa shape index (κ3) is 1.75. The molecule has 0 N–H and O–H groups in total. The van der Waals surface area contributed by atoms with Crippen LogP contribution in [0.1, 0.15) is 66.3 Å². The van der Waals surface area contributed by atoms with E-state index in [0.29, 0.717) is 41.9 Å². The van der Waals surface area contributed by atoms with Crippen molar-refractivity contribution in [3.63, 3.8) is 0 Å². The summed E-state index contributed by atoms with van der Waals surface area (Å²) >= 11 is 0. The van der Waals surface area contributed by atoms with Gasteiger partial charge < -0.3 is 4.74 Å². The normalized spacial score (nSPS) is 45.4. The van der Waals surface area contributed by atoms with Crippen molar-refractivity contribution in [2.45, 2.75) is 43.9 Å². The Hall–Kier alpha value is -4.43. The molecule has 11 atom stereocenters. The number of ether oxygens (including phenoxy) is 1. The van der Waals surface area contributed by atoms with Crippen LogP contribution in [-0.4, -0.2) is 13.1 Å². The average molecular weight is 653 g/mol. The third-order valence-electron chi connectivity index (χ3n) is 18.9. The predicted molar refractivity (Wildman–Crippen MR) is 193 cm³/mol. The molecule has 18 rings (SSSR count). The number of rotatable bonds is 5. The van der Waals surface area contributed by atoms with Crippen molar-refractivity contribution in [1.82, 2.24) is 0 Å². The fraction of sp³-hybridized carbons (Fsp3) is 0.367. The quantitative estimate of drug-likeness (QED) is 0.318. The first-order chi connectivity index (χ1) is 25.1. The number of benzene rings is 2. The topological polar surface area (TPSA) is 26.3 Å². The van der Waals surface area contributed by atoms with Gasteiger partial charge in [-0.15, -0.1) is 0 Å². The number of carbonyl (C=O) groups excluding carboxylic acids is 1. The summed E-state index contributed by atoms with van der Waals surface area (Å²) in [7, 11) is 1.55. The Labute approximate surface area is 294 Å². The maximum Gasteiger partial charge on any atom is 0.305 e. The minimum Gasteiger partial charge on any atom is -0.469 e. The lowest BCUT2D eigenvalue weighted by Gasteiger charge is -2.60. The zero-order chi connectivity index (χ0) is 32.1.